The van der Waals surface area contributed by atoms with Gasteiger partial charge in [-0.3, -0.25) is 9.59 Å². The molecule has 0 aromatic heterocycles. The van der Waals surface area contributed by atoms with Gasteiger partial charge in [0.15, 0.2) is 0 Å². The van der Waals surface area contributed by atoms with Crippen LogP contribution in [0.25, 0.3) is 6.08 Å². The van der Waals surface area contributed by atoms with Crippen LogP contribution in [0.4, 0.5) is 5.69 Å². The molecule has 2 aromatic carbocycles. The first-order valence-electron chi connectivity index (χ1n) is 10.9. The maximum atomic E-state index is 12.7. The number of amides is 1. The molecule has 2 rings (SSSR count). The van der Waals surface area contributed by atoms with Gasteiger partial charge in [0.05, 0.1) is 24.2 Å². The lowest BCUT2D eigenvalue weighted by atomic mass is 10.1. The summed E-state index contributed by atoms with van der Waals surface area (Å²) in [5.74, 6) is -0.927. The van der Waals surface area contributed by atoms with Crippen LogP contribution in [0.1, 0.15) is 29.8 Å². The second-order valence-corrected chi connectivity index (χ2v) is 6.89. The molecule has 0 unspecified atom stereocenters. The van der Waals surface area contributed by atoms with Gasteiger partial charge in [-0.2, -0.15) is 0 Å². The summed E-state index contributed by atoms with van der Waals surface area (Å²) in [6.07, 6.45) is 4.41. The van der Waals surface area contributed by atoms with E-state index in [4.69, 9.17) is 15.2 Å². The van der Waals surface area contributed by atoms with Gasteiger partial charge < -0.3 is 25.8 Å². The van der Waals surface area contributed by atoms with Gasteiger partial charge in [-0.15, -0.1) is 6.58 Å². The molecule has 1 amide bonds. The highest BCUT2D eigenvalue weighted by molar-refractivity contribution is 5.99. The minimum atomic E-state index is -0.514. The molecule has 0 spiro atoms. The van der Waals surface area contributed by atoms with E-state index >= 15 is 0 Å². The van der Waals surface area contributed by atoms with Gasteiger partial charge in [0.25, 0.3) is 0 Å². The number of esters is 2. The Morgan fingerprint density at radius 3 is 2.23 bits per heavy atom. The van der Waals surface area contributed by atoms with Crippen LogP contribution < -0.4 is 16.2 Å². The van der Waals surface area contributed by atoms with Crippen molar-refractivity contribution in [2.24, 2.45) is 16.5 Å². The fourth-order valence-corrected chi connectivity index (χ4v) is 2.87. The van der Waals surface area contributed by atoms with Crippen LogP contribution in [0, 0.1) is 0 Å². The third-order valence-corrected chi connectivity index (χ3v) is 4.40. The van der Waals surface area contributed by atoms with E-state index in [-0.39, 0.29) is 25.6 Å². The van der Waals surface area contributed by atoms with Crippen LogP contribution in [0.3, 0.4) is 0 Å². The average Bonchev–Trinajstić information content (AvgIpc) is 2.86. The number of nitrogens with zero attached hydrogens (tertiary/aromatic N) is 2. The summed E-state index contributed by atoms with van der Waals surface area (Å²) in [5, 5.41) is 0. The normalized spacial score (nSPS) is 10.7. The lowest BCUT2D eigenvalue weighted by molar-refractivity contribution is -0.147. The lowest BCUT2D eigenvalue weighted by Gasteiger charge is -2.20. The van der Waals surface area contributed by atoms with E-state index in [1.54, 1.807) is 74.5 Å². The Morgan fingerprint density at radius 2 is 1.69 bits per heavy atom. The Morgan fingerprint density at radius 1 is 1.06 bits per heavy atom. The molecule has 0 aliphatic heterocycles. The third kappa shape index (κ3) is 9.65. The number of ether oxygens (including phenoxy) is 2. The summed E-state index contributed by atoms with van der Waals surface area (Å²) < 4.78 is 10.3. The highest BCUT2D eigenvalue weighted by atomic mass is 16.5. The smallest absolute Gasteiger partial charge is 0.343 e. The number of hydrogen-bond donors (Lipinski definition) is 2. The number of rotatable bonds is 10. The molecule has 0 atom stereocenters. The van der Waals surface area contributed by atoms with E-state index in [2.05, 4.69) is 17.3 Å². The first-order chi connectivity index (χ1) is 16.9. The molecule has 0 fully saturated rings. The van der Waals surface area contributed by atoms with Gasteiger partial charge >= 0.3 is 11.9 Å². The van der Waals surface area contributed by atoms with Crippen LogP contribution in [0.15, 0.2) is 71.8 Å². The summed E-state index contributed by atoms with van der Waals surface area (Å²) in [6, 6.07) is 13.2. The van der Waals surface area contributed by atoms with Crippen LogP contribution in [0.2, 0.25) is 0 Å². The van der Waals surface area contributed by atoms with Crippen molar-refractivity contribution in [1.29, 1.82) is 0 Å². The third-order valence-electron chi connectivity index (χ3n) is 4.40. The molecule has 0 aliphatic carbocycles. The van der Waals surface area contributed by atoms with Crippen LogP contribution in [0.5, 0.6) is 5.75 Å². The summed E-state index contributed by atoms with van der Waals surface area (Å²) in [7, 11) is 1.50. The maximum Gasteiger partial charge on any atom is 0.343 e. The highest BCUT2D eigenvalue weighted by Gasteiger charge is 2.18. The van der Waals surface area contributed by atoms with Gasteiger partial charge in [-0.1, -0.05) is 18.2 Å². The van der Waals surface area contributed by atoms with Gasteiger partial charge in [0, 0.05) is 12.1 Å². The zero-order chi connectivity index (χ0) is 26.2. The Labute approximate surface area is 205 Å². The summed E-state index contributed by atoms with van der Waals surface area (Å²) in [5.41, 5.74) is 11.9. The van der Waals surface area contributed by atoms with Crippen molar-refractivity contribution >= 4 is 35.9 Å². The molecule has 0 bridgehead atoms. The quantitative estimate of drug-likeness (QED) is 0.133. The predicted octanol–water partition coefficient (Wildman–Crippen LogP) is 3.08. The summed E-state index contributed by atoms with van der Waals surface area (Å²) in [4.78, 5) is 42.2. The molecular formula is C26H32N4O5. The van der Waals surface area contributed by atoms with E-state index < -0.39 is 11.9 Å². The number of carbonyl (C=O) groups excluding carboxylic acids is 3. The van der Waals surface area contributed by atoms with Crippen molar-refractivity contribution in [1.82, 2.24) is 4.90 Å². The topological polar surface area (TPSA) is 137 Å². The zero-order valence-electron chi connectivity index (χ0n) is 20.3. The predicted molar refractivity (Wildman–Crippen MR) is 137 cm³/mol. The number of carbonyl (C=O) groups is 3. The second-order valence-electron chi connectivity index (χ2n) is 6.89. The van der Waals surface area contributed by atoms with Crippen molar-refractivity contribution in [2.75, 3.05) is 26.7 Å². The average molecular weight is 481 g/mol. The number of nitrogens with two attached hydrogens (primary N) is 2. The molecule has 0 heterocycles. The minimum Gasteiger partial charge on any atom is -0.465 e. The van der Waals surface area contributed by atoms with Gasteiger partial charge in [0.2, 0.25) is 5.91 Å². The summed E-state index contributed by atoms with van der Waals surface area (Å²) >= 11 is 0. The molecule has 0 saturated carbocycles. The number of hydrogen-bond acceptors (Lipinski definition) is 7. The fourth-order valence-electron chi connectivity index (χ4n) is 2.87. The molecule has 2 aromatic rings. The standard InChI is InChI=1S/C25H27N3O5.CH5N/c1-4-14-28(16-23(29)32-5-2)24(30)18(3)15-19-6-8-20(9-7-19)25(31)33-22-12-10-21(11-13-22)27-17-26;1-2/h4,6-13,15,17H,1,5,14,16H2,2-3H3,(H2,26,27);2H2,1H3/b18-15+;. The largest absolute Gasteiger partial charge is 0.465 e. The summed E-state index contributed by atoms with van der Waals surface area (Å²) in [6.45, 7) is 7.29. The maximum absolute atomic E-state index is 12.7. The molecular weight excluding hydrogens is 448 g/mol. The van der Waals surface area contributed by atoms with Crippen LogP contribution in [-0.2, 0) is 14.3 Å². The van der Waals surface area contributed by atoms with E-state index in [1.165, 1.54) is 18.3 Å². The van der Waals surface area contributed by atoms with Crippen molar-refractivity contribution < 1.29 is 23.9 Å². The Bertz CT molecular complexity index is 1040. The van der Waals surface area contributed by atoms with E-state index in [0.717, 1.165) is 5.56 Å². The lowest BCUT2D eigenvalue weighted by Crippen LogP contribution is -2.37. The first-order valence-corrected chi connectivity index (χ1v) is 10.9. The first kappa shape index (κ1) is 28.8. The van der Waals surface area contributed by atoms with E-state index in [0.29, 0.717) is 22.6 Å². The van der Waals surface area contributed by atoms with Crippen molar-refractivity contribution in [3.8, 4) is 5.75 Å². The Hall–Kier alpha value is -4.24. The molecule has 35 heavy (non-hydrogen) atoms. The SMILES string of the molecule is C=CCN(CC(=O)OCC)C(=O)/C(C)=C/c1ccc(C(=O)Oc2ccc(N=CN)cc2)cc1.CN. The second kappa shape index (κ2) is 15.6. The molecule has 0 radical (unpaired) electrons. The molecule has 9 heteroatoms. The van der Waals surface area contributed by atoms with Gasteiger partial charge in [0.1, 0.15) is 12.3 Å². The number of benzene rings is 2. The minimum absolute atomic E-state index is 0.159. The van der Waals surface area contributed by atoms with Crippen molar-refractivity contribution in [3.05, 3.63) is 77.9 Å². The molecule has 9 nitrogen and oxygen atoms in total. The molecule has 4 N–H and O–H groups in total. The van der Waals surface area contributed by atoms with Crippen molar-refractivity contribution in [3.63, 3.8) is 0 Å². The van der Waals surface area contributed by atoms with E-state index in [9.17, 15) is 14.4 Å². The highest BCUT2D eigenvalue weighted by Crippen LogP contribution is 2.19. The molecule has 186 valence electrons. The van der Waals surface area contributed by atoms with Gasteiger partial charge in [-0.05, 0) is 68.9 Å². The van der Waals surface area contributed by atoms with Gasteiger partial charge in [-0.25, -0.2) is 9.79 Å². The van der Waals surface area contributed by atoms with Crippen LogP contribution in [-0.4, -0.2) is 55.8 Å². The fraction of sp³-hybridized carbons (Fsp3) is 0.231. The Balaban J connectivity index is 0.00000298. The number of aliphatic imine (C=N–C) groups is 1. The monoisotopic (exact) mass is 480 g/mol. The molecule has 0 aliphatic rings. The van der Waals surface area contributed by atoms with Crippen molar-refractivity contribution in [2.45, 2.75) is 13.8 Å². The van der Waals surface area contributed by atoms with Crippen LogP contribution >= 0.6 is 0 Å². The zero-order valence-corrected chi connectivity index (χ0v) is 20.3. The Kier molecular flexibility index (Phi) is 12.8. The molecule has 0 saturated heterocycles. The van der Waals surface area contributed by atoms with E-state index in [1.807, 2.05) is 0 Å².